The van der Waals surface area contributed by atoms with E-state index in [-0.39, 0.29) is 0 Å². The lowest BCUT2D eigenvalue weighted by atomic mass is 10.0. The van der Waals surface area contributed by atoms with Gasteiger partial charge in [-0.1, -0.05) is 68.2 Å². The molecule has 1 heterocycles. The highest BCUT2D eigenvalue weighted by Gasteiger charge is 1.98. The number of nitrogens with zero attached hydrogens (tertiary/aromatic N) is 1. The molecule has 19 heavy (non-hydrogen) atoms. The number of rotatable bonds is 5. The van der Waals surface area contributed by atoms with E-state index in [9.17, 15) is 0 Å². The molecule has 0 N–H and O–H groups in total. The Morgan fingerprint density at radius 2 is 1.42 bits per heavy atom. The minimum Gasteiger partial charge on any atom is -0.264 e. The van der Waals surface area contributed by atoms with Crippen LogP contribution in [0.25, 0.3) is 0 Å². The van der Waals surface area contributed by atoms with Gasteiger partial charge in [0.15, 0.2) is 0 Å². The first-order chi connectivity index (χ1) is 9.38. The molecular formula is C18H37N. The predicted molar refractivity (Wildman–Crippen MR) is 90.9 cm³/mol. The molecule has 0 aliphatic heterocycles. The van der Waals surface area contributed by atoms with E-state index in [1.807, 2.05) is 53.9 Å². The van der Waals surface area contributed by atoms with Gasteiger partial charge in [-0.05, 0) is 36.5 Å². The van der Waals surface area contributed by atoms with Crippen LogP contribution in [-0.2, 0) is 12.8 Å². The maximum absolute atomic E-state index is 4.17. The zero-order chi connectivity index (χ0) is 15.5. The summed E-state index contributed by atoms with van der Waals surface area (Å²) in [5.74, 6) is 0. The number of hydrogen-bond donors (Lipinski definition) is 0. The van der Waals surface area contributed by atoms with Crippen LogP contribution in [0.1, 0.15) is 85.8 Å². The van der Waals surface area contributed by atoms with Crippen LogP contribution in [0.3, 0.4) is 0 Å². The maximum Gasteiger partial charge on any atom is 0.0302 e. The summed E-state index contributed by atoms with van der Waals surface area (Å²) >= 11 is 0. The summed E-state index contributed by atoms with van der Waals surface area (Å²) in [6.07, 6.45) is 10.2. The Balaban J connectivity index is -0.000000375. The molecule has 0 saturated heterocycles. The fourth-order valence-electron chi connectivity index (χ4n) is 1.59. The van der Waals surface area contributed by atoms with E-state index < -0.39 is 0 Å². The topological polar surface area (TPSA) is 12.9 Å². The number of unbranched alkanes of at least 4 members (excludes halogenated alkanes) is 2. The molecule has 0 aliphatic rings. The first-order valence-corrected chi connectivity index (χ1v) is 8.30. The van der Waals surface area contributed by atoms with Gasteiger partial charge >= 0.3 is 0 Å². The number of aryl methyl sites for hydroxylation is 2. The first-order valence-electron chi connectivity index (χ1n) is 8.30. The Kier molecular flexibility index (Phi) is 27.3. The molecule has 0 aromatic carbocycles. The van der Waals surface area contributed by atoms with Crippen LogP contribution in [0, 0.1) is 0 Å². The van der Waals surface area contributed by atoms with Gasteiger partial charge in [-0.2, -0.15) is 0 Å². The molecule has 0 aliphatic carbocycles. The van der Waals surface area contributed by atoms with Gasteiger partial charge in [-0.15, -0.1) is 0 Å². The first kappa shape index (κ1) is 23.3. The van der Waals surface area contributed by atoms with E-state index in [4.69, 9.17) is 0 Å². The average Bonchev–Trinajstić information content (AvgIpc) is 2.54. The lowest BCUT2D eigenvalue weighted by Crippen LogP contribution is -1.93. The Bertz CT molecular complexity index is 243. The quantitative estimate of drug-likeness (QED) is 0.558. The minimum absolute atomic E-state index is 1.13. The van der Waals surface area contributed by atoms with Crippen molar-refractivity contribution in [3.05, 3.63) is 29.6 Å². The molecule has 0 fully saturated rings. The molecule has 1 rings (SSSR count). The molecule has 1 aromatic heterocycles. The number of hydrogen-bond acceptors (Lipinski definition) is 1. The monoisotopic (exact) mass is 267 g/mol. The summed E-state index contributed by atoms with van der Waals surface area (Å²) < 4.78 is 0. The van der Waals surface area contributed by atoms with Gasteiger partial charge in [0, 0.05) is 12.4 Å². The van der Waals surface area contributed by atoms with Gasteiger partial charge in [0.05, 0.1) is 0 Å². The Hall–Kier alpha value is -0.850. The van der Waals surface area contributed by atoms with Crippen LogP contribution < -0.4 is 0 Å². The second kappa shape index (κ2) is 22.3. The Labute approximate surface area is 122 Å². The fourth-order valence-corrected chi connectivity index (χ4v) is 1.59. The van der Waals surface area contributed by atoms with Crippen LogP contribution in [0.5, 0.6) is 0 Å². The van der Waals surface area contributed by atoms with Gasteiger partial charge in [-0.3, -0.25) is 4.98 Å². The second-order valence-corrected chi connectivity index (χ2v) is 3.46. The van der Waals surface area contributed by atoms with Crippen LogP contribution in [-0.4, -0.2) is 4.98 Å². The summed E-state index contributed by atoms with van der Waals surface area (Å²) in [5, 5.41) is 0. The second-order valence-electron chi connectivity index (χ2n) is 3.46. The van der Waals surface area contributed by atoms with E-state index >= 15 is 0 Å². The molecule has 0 saturated carbocycles. The minimum atomic E-state index is 1.13. The van der Waals surface area contributed by atoms with Gasteiger partial charge in [0.25, 0.3) is 0 Å². The summed E-state index contributed by atoms with van der Waals surface area (Å²) in [4.78, 5) is 4.17. The van der Waals surface area contributed by atoms with Crippen molar-refractivity contribution in [3.63, 3.8) is 0 Å². The third kappa shape index (κ3) is 13.4. The van der Waals surface area contributed by atoms with Crippen molar-refractivity contribution < 1.29 is 0 Å². The molecule has 1 heteroatoms. The highest BCUT2D eigenvalue weighted by molar-refractivity contribution is 5.23. The summed E-state index contributed by atoms with van der Waals surface area (Å²) in [6.45, 7) is 16.4. The molecule has 1 nitrogen and oxygen atoms in total. The van der Waals surface area contributed by atoms with Crippen molar-refractivity contribution in [1.29, 1.82) is 0 Å². The molecule has 0 bridgehead atoms. The van der Waals surface area contributed by atoms with Crippen molar-refractivity contribution in [1.82, 2.24) is 4.98 Å². The Morgan fingerprint density at radius 3 is 1.89 bits per heavy atom. The van der Waals surface area contributed by atoms with Crippen molar-refractivity contribution >= 4 is 0 Å². The lowest BCUT2D eigenvalue weighted by Gasteiger charge is -2.05. The smallest absolute Gasteiger partial charge is 0.0302 e. The largest absolute Gasteiger partial charge is 0.264 e. The normalized spacial score (nSPS) is 8.00. The van der Waals surface area contributed by atoms with Gasteiger partial charge in [0.2, 0.25) is 0 Å². The summed E-state index contributed by atoms with van der Waals surface area (Å²) in [7, 11) is 0. The van der Waals surface area contributed by atoms with Crippen molar-refractivity contribution in [2.45, 2.75) is 87.5 Å². The Morgan fingerprint density at radius 1 is 0.842 bits per heavy atom. The van der Waals surface area contributed by atoms with Gasteiger partial charge in [0.1, 0.15) is 0 Å². The van der Waals surface area contributed by atoms with Crippen LogP contribution >= 0.6 is 0 Å². The van der Waals surface area contributed by atoms with E-state index in [0.29, 0.717) is 0 Å². The molecule has 0 spiro atoms. The van der Waals surface area contributed by atoms with Crippen molar-refractivity contribution in [2.24, 2.45) is 0 Å². The van der Waals surface area contributed by atoms with E-state index in [1.165, 1.54) is 36.8 Å². The maximum atomic E-state index is 4.17. The van der Waals surface area contributed by atoms with E-state index in [1.54, 1.807) is 0 Å². The zero-order valence-corrected chi connectivity index (χ0v) is 14.7. The highest BCUT2D eigenvalue weighted by atomic mass is 14.6. The summed E-state index contributed by atoms with van der Waals surface area (Å²) in [6, 6.07) is 2.14. The summed E-state index contributed by atoms with van der Waals surface area (Å²) in [5.41, 5.74) is 2.91. The zero-order valence-electron chi connectivity index (χ0n) is 14.7. The van der Waals surface area contributed by atoms with Crippen LogP contribution in [0.4, 0.5) is 0 Å². The molecule has 114 valence electrons. The van der Waals surface area contributed by atoms with Gasteiger partial charge in [-0.25, -0.2) is 0 Å². The SMILES string of the molecule is CC.CC.CC.CCCCCc1cnccc1CC. The number of aromatic nitrogens is 1. The molecule has 0 amide bonds. The molecular weight excluding hydrogens is 230 g/mol. The average molecular weight is 268 g/mol. The van der Waals surface area contributed by atoms with Gasteiger partial charge < -0.3 is 0 Å². The van der Waals surface area contributed by atoms with E-state index in [0.717, 1.165) is 6.42 Å². The molecule has 0 unspecified atom stereocenters. The van der Waals surface area contributed by atoms with Crippen molar-refractivity contribution in [3.8, 4) is 0 Å². The fraction of sp³-hybridized carbons (Fsp3) is 0.722. The number of pyridine rings is 1. The standard InChI is InChI=1S/C12H19N.3C2H6/c1-3-5-6-7-12-10-13-9-8-11(12)4-2;3*1-2/h8-10H,3-7H2,1-2H3;3*1-2H3. The van der Waals surface area contributed by atoms with E-state index in [2.05, 4.69) is 24.9 Å². The van der Waals surface area contributed by atoms with Crippen molar-refractivity contribution in [2.75, 3.05) is 0 Å². The molecule has 1 aromatic rings. The molecule has 0 atom stereocenters. The lowest BCUT2D eigenvalue weighted by molar-refractivity contribution is 0.712. The highest BCUT2D eigenvalue weighted by Crippen LogP contribution is 2.11. The molecule has 0 radical (unpaired) electrons. The predicted octanol–water partition coefficient (Wildman–Crippen LogP) is 6.46. The van der Waals surface area contributed by atoms with Crippen LogP contribution in [0.15, 0.2) is 18.5 Å². The third-order valence-electron chi connectivity index (χ3n) is 2.44. The van der Waals surface area contributed by atoms with Crippen LogP contribution in [0.2, 0.25) is 0 Å². The third-order valence-corrected chi connectivity index (χ3v) is 2.44.